The highest BCUT2D eigenvalue weighted by Crippen LogP contribution is 2.25. The second-order valence-corrected chi connectivity index (χ2v) is 8.36. The SMILES string of the molecule is CC(C)(C)c1nc(NN)cc(NCC2CSCCS2)n1. The fraction of sp³-hybridized carbons (Fsp3) is 0.692. The molecule has 0 aliphatic carbocycles. The average molecular weight is 313 g/mol. The zero-order chi connectivity index (χ0) is 14.6. The predicted molar refractivity (Wildman–Crippen MR) is 90.6 cm³/mol. The van der Waals surface area contributed by atoms with Crippen LogP contribution in [0.2, 0.25) is 0 Å². The first-order valence-electron chi connectivity index (χ1n) is 6.78. The molecular weight excluding hydrogens is 290 g/mol. The first-order valence-corrected chi connectivity index (χ1v) is 8.99. The highest BCUT2D eigenvalue weighted by atomic mass is 32.2. The Morgan fingerprint density at radius 2 is 2.05 bits per heavy atom. The van der Waals surface area contributed by atoms with E-state index in [9.17, 15) is 0 Å². The number of nitrogens with two attached hydrogens (primary N) is 1. The smallest absolute Gasteiger partial charge is 0.145 e. The largest absolute Gasteiger partial charge is 0.369 e. The standard InChI is InChI=1S/C13H23N5S2/c1-13(2,3)12-16-10(6-11(17-12)18-14)15-7-9-8-19-4-5-20-9/h6,9H,4-5,7-8,14H2,1-3H3,(H2,15,16,17,18). The van der Waals surface area contributed by atoms with Crippen molar-refractivity contribution in [2.75, 3.05) is 34.5 Å². The van der Waals surface area contributed by atoms with E-state index in [4.69, 9.17) is 5.84 Å². The summed E-state index contributed by atoms with van der Waals surface area (Å²) in [7, 11) is 0. The van der Waals surface area contributed by atoms with E-state index in [1.54, 1.807) is 0 Å². The number of hydrogen-bond acceptors (Lipinski definition) is 7. The van der Waals surface area contributed by atoms with Gasteiger partial charge in [-0.1, -0.05) is 20.8 Å². The second-order valence-electron chi connectivity index (χ2n) is 5.80. The van der Waals surface area contributed by atoms with Gasteiger partial charge in [0.1, 0.15) is 17.5 Å². The van der Waals surface area contributed by atoms with Crippen LogP contribution >= 0.6 is 23.5 Å². The zero-order valence-electron chi connectivity index (χ0n) is 12.3. The molecule has 0 aromatic carbocycles. The Hall–Kier alpha value is -0.660. The molecule has 0 radical (unpaired) electrons. The highest BCUT2D eigenvalue weighted by molar-refractivity contribution is 8.06. The van der Waals surface area contributed by atoms with Gasteiger partial charge in [0.15, 0.2) is 0 Å². The summed E-state index contributed by atoms with van der Waals surface area (Å²) in [6, 6.07) is 1.86. The second kappa shape index (κ2) is 6.87. The van der Waals surface area contributed by atoms with Crippen molar-refractivity contribution in [3.63, 3.8) is 0 Å². The molecule has 1 aromatic rings. The Balaban J connectivity index is 2.06. The molecule has 2 heterocycles. The van der Waals surface area contributed by atoms with Crippen molar-refractivity contribution in [1.29, 1.82) is 0 Å². The Morgan fingerprint density at radius 3 is 2.65 bits per heavy atom. The third-order valence-electron chi connectivity index (χ3n) is 2.94. The van der Waals surface area contributed by atoms with Gasteiger partial charge in [0, 0.05) is 40.5 Å². The molecular formula is C13H23N5S2. The molecule has 1 fully saturated rings. The van der Waals surface area contributed by atoms with Gasteiger partial charge in [-0.25, -0.2) is 15.8 Å². The first-order chi connectivity index (χ1) is 9.49. The van der Waals surface area contributed by atoms with Gasteiger partial charge in [-0.05, 0) is 0 Å². The van der Waals surface area contributed by atoms with Crippen molar-refractivity contribution in [2.24, 2.45) is 5.84 Å². The summed E-state index contributed by atoms with van der Waals surface area (Å²) < 4.78 is 0. The molecule has 5 nitrogen and oxygen atoms in total. The van der Waals surface area contributed by atoms with Gasteiger partial charge in [-0.15, -0.1) is 0 Å². The van der Waals surface area contributed by atoms with Crippen LogP contribution in [0.1, 0.15) is 26.6 Å². The monoisotopic (exact) mass is 313 g/mol. The van der Waals surface area contributed by atoms with Crippen LogP contribution in [0.4, 0.5) is 11.6 Å². The van der Waals surface area contributed by atoms with Crippen LogP contribution in [-0.4, -0.2) is 39.0 Å². The van der Waals surface area contributed by atoms with Crippen LogP contribution in [0.15, 0.2) is 6.07 Å². The highest BCUT2D eigenvalue weighted by Gasteiger charge is 2.20. The van der Waals surface area contributed by atoms with Crippen molar-refractivity contribution in [3.05, 3.63) is 11.9 Å². The lowest BCUT2D eigenvalue weighted by atomic mass is 9.96. The normalized spacial score (nSPS) is 19.7. The van der Waals surface area contributed by atoms with Crippen LogP contribution < -0.4 is 16.6 Å². The molecule has 0 amide bonds. The number of rotatable bonds is 4. The summed E-state index contributed by atoms with van der Waals surface area (Å²) in [6.45, 7) is 7.22. The Kier molecular flexibility index (Phi) is 5.40. The van der Waals surface area contributed by atoms with Crippen molar-refractivity contribution in [2.45, 2.75) is 31.4 Å². The van der Waals surface area contributed by atoms with Gasteiger partial charge in [0.2, 0.25) is 0 Å². The van der Waals surface area contributed by atoms with Gasteiger partial charge < -0.3 is 10.7 Å². The van der Waals surface area contributed by atoms with Gasteiger partial charge in [0.05, 0.1) is 0 Å². The van der Waals surface area contributed by atoms with Crippen LogP contribution in [0.3, 0.4) is 0 Å². The summed E-state index contributed by atoms with van der Waals surface area (Å²) in [5.41, 5.74) is 2.52. The summed E-state index contributed by atoms with van der Waals surface area (Å²) >= 11 is 4.06. The van der Waals surface area contributed by atoms with Gasteiger partial charge >= 0.3 is 0 Å². The van der Waals surface area contributed by atoms with Crippen molar-refractivity contribution < 1.29 is 0 Å². The van der Waals surface area contributed by atoms with E-state index in [-0.39, 0.29) is 5.41 Å². The molecule has 0 spiro atoms. The molecule has 0 saturated carbocycles. The number of hydrazine groups is 1. The molecule has 1 aliphatic heterocycles. The fourth-order valence-corrected chi connectivity index (χ4v) is 4.43. The summed E-state index contributed by atoms with van der Waals surface area (Å²) in [5, 5.41) is 4.07. The van der Waals surface area contributed by atoms with E-state index >= 15 is 0 Å². The predicted octanol–water partition coefficient (Wildman–Crippen LogP) is 2.32. The van der Waals surface area contributed by atoms with Crippen molar-refractivity contribution >= 4 is 35.2 Å². The van der Waals surface area contributed by atoms with Gasteiger partial charge in [-0.2, -0.15) is 23.5 Å². The van der Waals surface area contributed by atoms with E-state index in [1.807, 2.05) is 29.6 Å². The summed E-state index contributed by atoms with van der Waals surface area (Å²) in [5.74, 6) is 11.5. The maximum absolute atomic E-state index is 5.49. The molecule has 0 bridgehead atoms. The fourth-order valence-electron chi connectivity index (χ4n) is 1.82. The molecule has 20 heavy (non-hydrogen) atoms. The minimum atomic E-state index is -0.0985. The summed E-state index contributed by atoms with van der Waals surface area (Å²) in [4.78, 5) is 9.02. The third-order valence-corrected chi connectivity index (χ3v) is 5.79. The lowest BCUT2D eigenvalue weighted by Crippen LogP contribution is -2.25. The Morgan fingerprint density at radius 1 is 1.30 bits per heavy atom. The maximum Gasteiger partial charge on any atom is 0.145 e. The van der Waals surface area contributed by atoms with E-state index in [0.29, 0.717) is 11.1 Å². The average Bonchev–Trinajstić information content (AvgIpc) is 2.45. The quantitative estimate of drug-likeness (QED) is 0.582. The van der Waals surface area contributed by atoms with Crippen LogP contribution in [0, 0.1) is 0 Å². The molecule has 4 N–H and O–H groups in total. The zero-order valence-corrected chi connectivity index (χ0v) is 13.9. The molecule has 112 valence electrons. The Bertz CT molecular complexity index is 441. The number of aromatic nitrogens is 2. The number of thioether (sulfide) groups is 2. The number of hydrogen-bond donors (Lipinski definition) is 3. The number of anilines is 2. The lowest BCUT2D eigenvalue weighted by Gasteiger charge is -2.22. The molecule has 1 aromatic heterocycles. The van der Waals surface area contributed by atoms with E-state index in [2.05, 4.69) is 41.5 Å². The van der Waals surface area contributed by atoms with E-state index < -0.39 is 0 Å². The van der Waals surface area contributed by atoms with E-state index in [1.165, 1.54) is 17.3 Å². The topological polar surface area (TPSA) is 75.9 Å². The van der Waals surface area contributed by atoms with Crippen LogP contribution in [-0.2, 0) is 5.41 Å². The molecule has 7 heteroatoms. The van der Waals surface area contributed by atoms with Crippen LogP contribution in [0.5, 0.6) is 0 Å². The number of nitrogens with zero attached hydrogens (tertiary/aromatic N) is 2. The minimum absolute atomic E-state index is 0.0985. The minimum Gasteiger partial charge on any atom is -0.369 e. The lowest BCUT2D eigenvalue weighted by molar-refractivity contribution is 0.546. The molecule has 1 aliphatic rings. The van der Waals surface area contributed by atoms with Gasteiger partial charge in [0.25, 0.3) is 0 Å². The molecule has 2 rings (SSSR count). The van der Waals surface area contributed by atoms with Crippen LogP contribution in [0.25, 0.3) is 0 Å². The summed E-state index contributed by atoms with van der Waals surface area (Å²) in [6.07, 6.45) is 0. The first kappa shape index (κ1) is 15.7. The Labute approximate surface area is 129 Å². The molecule has 1 unspecified atom stereocenters. The van der Waals surface area contributed by atoms with Crippen molar-refractivity contribution in [3.8, 4) is 0 Å². The molecule has 1 atom stereocenters. The maximum atomic E-state index is 5.49. The van der Waals surface area contributed by atoms with Crippen molar-refractivity contribution in [1.82, 2.24) is 9.97 Å². The van der Waals surface area contributed by atoms with E-state index in [0.717, 1.165) is 18.2 Å². The van der Waals surface area contributed by atoms with Gasteiger partial charge in [-0.3, -0.25) is 0 Å². The third kappa shape index (κ3) is 4.43. The number of nitrogen functional groups attached to an aromatic ring is 1. The number of nitrogens with one attached hydrogen (secondary N) is 2. The molecule has 1 saturated heterocycles.